The average Bonchev–Trinajstić information content (AvgIpc) is 2.89. The molecule has 9 nitrogen and oxygen atoms in total. The molecule has 0 fully saturated rings. The maximum atomic E-state index is 13.9. The molecule has 4 N–H and O–H groups in total. The molecule has 0 aliphatic carbocycles. The van der Waals surface area contributed by atoms with Crippen molar-refractivity contribution in [2.24, 2.45) is 0 Å². The van der Waals surface area contributed by atoms with Crippen LogP contribution in [0.3, 0.4) is 0 Å². The number of benzene rings is 3. The van der Waals surface area contributed by atoms with Crippen molar-refractivity contribution in [3.63, 3.8) is 0 Å². The van der Waals surface area contributed by atoms with Crippen LogP contribution in [0.15, 0.2) is 66.7 Å². The Bertz CT molecular complexity index is 1300. The number of hydrogen-bond donors (Lipinski definition) is 4. The van der Waals surface area contributed by atoms with E-state index in [-0.39, 0.29) is 5.75 Å². The van der Waals surface area contributed by atoms with E-state index in [0.717, 1.165) is 10.8 Å². The number of aliphatic hydroxyl groups is 1. The van der Waals surface area contributed by atoms with Crippen LogP contribution in [0, 0.1) is 0 Å². The lowest BCUT2D eigenvalue weighted by Crippen LogP contribution is -2.56. The fraction of sp³-hybridized carbons (Fsp3) is 0.367. The first kappa shape index (κ1) is 29.4. The molecule has 39 heavy (non-hydrogen) atoms. The van der Waals surface area contributed by atoms with Crippen LogP contribution in [-0.2, 0) is 14.3 Å². The van der Waals surface area contributed by atoms with Gasteiger partial charge in [0.25, 0.3) is 5.91 Å². The summed E-state index contributed by atoms with van der Waals surface area (Å²) in [6.07, 6.45) is -0.366. The highest BCUT2D eigenvalue weighted by Gasteiger charge is 2.38. The van der Waals surface area contributed by atoms with Crippen LogP contribution in [0.4, 0.5) is 10.5 Å². The molecule has 0 radical (unpaired) electrons. The van der Waals surface area contributed by atoms with Crippen molar-refractivity contribution in [2.45, 2.75) is 64.8 Å². The number of hydrogen-bond acceptors (Lipinski definition) is 6. The Hall–Kier alpha value is -4.11. The third kappa shape index (κ3) is 7.70. The number of fused-ring (bicyclic) bond motifs is 1. The van der Waals surface area contributed by atoms with Crippen molar-refractivity contribution in [1.82, 2.24) is 10.2 Å². The van der Waals surface area contributed by atoms with Crippen molar-refractivity contribution in [2.75, 3.05) is 11.9 Å². The lowest BCUT2D eigenvalue weighted by molar-refractivity contribution is -0.144. The smallest absolute Gasteiger partial charge is 0.408 e. The summed E-state index contributed by atoms with van der Waals surface area (Å²) in [5.41, 5.74) is 0.191. The molecule has 0 bridgehead atoms. The molecule has 0 aliphatic heterocycles. The molecular weight excluding hydrogens is 498 g/mol. The topological polar surface area (TPSA) is 128 Å². The van der Waals surface area contributed by atoms with E-state index in [0.29, 0.717) is 17.7 Å². The Morgan fingerprint density at radius 3 is 2.21 bits per heavy atom. The number of phenolic OH excluding ortho intramolecular Hbond substituents is 1. The molecule has 0 aromatic heterocycles. The maximum absolute atomic E-state index is 13.9. The first-order chi connectivity index (χ1) is 18.4. The maximum Gasteiger partial charge on any atom is 0.408 e. The molecule has 3 amide bonds. The van der Waals surface area contributed by atoms with E-state index in [9.17, 15) is 24.6 Å². The molecule has 0 spiro atoms. The van der Waals surface area contributed by atoms with E-state index in [1.165, 1.54) is 17.0 Å². The van der Waals surface area contributed by atoms with Crippen LogP contribution >= 0.6 is 0 Å². The van der Waals surface area contributed by atoms with E-state index in [1.54, 1.807) is 45.9 Å². The summed E-state index contributed by atoms with van der Waals surface area (Å²) < 4.78 is 5.27. The Morgan fingerprint density at radius 1 is 0.974 bits per heavy atom. The molecule has 3 unspecified atom stereocenters. The van der Waals surface area contributed by atoms with Crippen molar-refractivity contribution < 1.29 is 29.3 Å². The standard InChI is InChI=1S/C30H37N3O6/c1-6-19(2)33(28(37)25(18-34)32-29(38)39-30(3,4)5)26(21-12-15-24(35)16-13-21)27(36)31-23-14-11-20-9-7-8-10-22(20)17-23/h7-17,19,25-26,34-35H,6,18H2,1-5H3,(H,31,36)(H,32,38). The average molecular weight is 536 g/mol. The third-order valence-corrected chi connectivity index (χ3v) is 6.24. The Labute approximate surface area is 228 Å². The summed E-state index contributed by atoms with van der Waals surface area (Å²) in [4.78, 5) is 41.5. The third-order valence-electron chi connectivity index (χ3n) is 6.24. The number of rotatable bonds is 9. The molecular formula is C30H37N3O6. The highest BCUT2D eigenvalue weighted by Crippen LogP contribution is 2.29. The number of ether oxygens (including phenoxy) is 1. The molecule has 3 atom stereocenters. The molecule has 0 saturated heterocycles. The van der Waals surface area contributed by atoms with Gasteiger partial charge in [-0.05, 0) is 74.7 Å². The largest absolute Gasteiger partial charge is 0.508 e. The summed E-state index contributed by atoms with van der Waals surface area (Å²) in [6.45, 7) is 8.02. The van der Waals surface area contributed by atoms with Gasteiger partial charge in [-0.3, -0.25) is 9.59 Å². The molecule has 9 heteroatoms. The second kappa shape index (κ2) is 12.6. The zero-order valence-electron chi connectivity index (χ0n) is 23.0. The molecule has 3 aromatic rings. The second-order valence-corrected chi connectivity index (χ2v) is 10.4. The predicted molar refractivity (Wildman–Crippen MR) is 150 cm³/mol. The molecule has 0 saturated carbocycles. The van der Waals surface area contributed by atoms with Crippen molar-refractivity contribution in [3.05, 3.63) is 72.3 Å². The normalized spacial score (nSPS) is 13.7. The number of carbonyl (C=O) groups excluding carboxylic acids is 3. The fourth-order valence-electron chi connectivity index (χ4n) is 4.18. The van der Waals surface area contributed by atoms with Gasteiger partial charge in [0, 0.05) is 11.7 Å². The number of nitrogens with zero attached hydrogens (tertiary/aromatic N) is 1. The molecule has 0 heterocycles. The molecule has 0 aliphatic rings. The van der Waals surface area contributed by atoms with Crippen LogP contribution in [0.1, 0.15) is 52.6 Å². The van der Waals surface area contributed by atoms with Gasteiger partial charge in [0.1, 0.15) is 23.4 Å². The minimum absolute atomic E-state index is 0.00804. The fourth-order valence-corrected chi connectivity index (χ4v) is 4.18. The molecule has 3 rings (SSSR count). The summed E-state index contributed by atoms with van der Waals surface area (Å²) in [7, 11) is 0. The molecule has 208 valence electrons. The lowest BCUT2D eigenvalue weighted by Gasteiger charge is -2.38. The van der Waals surface area contributed by atoms with Crippen LogP contribution in [0.25, 0.3) is 10.8 Å². The highest BCUT2D eigenvalue weighted by atomic mass is 16.6. The first-order valence-electron chi connectivity index (χ1n) is 12.9. The van der Waals surface area contributed by atoms with Crippen molar-refractivity contribution in [1.29, 1.82) is 0 Å². The van der Waals surface area contributed by atoms with E-state index in [4.69, 9.17) is 4.74 Å². The van der Waals surface area contributed by atoms with Crippen LogP contribution < -0.4 is 10.6 Å². The lowest BCUT2D eigenvalue weighted by atomic mass is 9.99. The van der Waals surface area contributed by atoms with Gasteiger partial charge >= 0.3 is 6.09 Å². The van der Waals surface area contributed by atoms with Crippen molar-refractivity contribution >= 4 is 34.4 Å². The summed E-state index contributed by atoms with van der Waals surface area (Å²) in [6, 6.07) is 16.3. The van der Waals surface area contributed by atoms with Crippen LogP contribution in [0.2, 0.25) is 0 Å². The van der Waals surface area contributed by atoms with Gasteiger partial charge in [-0.2, -0.15) is 0 Å². The van der Waals surface area contributed by atoms with Gasteiger partial charge < -0.3 is 30.5 Å². The number of alkyl carbamates (subject to hydrolysis) is 1. The van der Waals surface area contributed by atoms with Gasteiger partial charge in [0.2, 0.25) is 5.91 Å². The number of aliphatic hydroxyl groups excluding tert-OH is 1. The highest BCUT2D eigenvalue weighted by molar-refractivity contribution is 6.00. The SMILES string of the molecule is CCC(C)N(C(=O)C(CO)NC(=O)OC(C)(C)C)C(C(=O)Nc1ccc2ccccc2c1)c1ccc(O)cc1. The number of aromatic hydroxyl groups is 1. The van der Waals surface area contributed by atoms with E-state index in [1.807, 2.05) is 43.3 Å². The van der Waals surface area contributed by atoms with Gasteiger partial charge in [-0.1, -0.05) is 49.4 Å². The number of amides is 3. The summed E-state index contributed by atoms with van der Waals surface area (Å²) >= 11 is 0. The van der Waals surface area contributed by atoms with Gasteiger partial charge in [-0.15, -0.1) is 0 Å². The minimum atomic E-state index is -1.35. The van der Waals surface area contributed by atoms with E-state index < -0.39 is 48.2 Å². The predicted octanol–water partition coefficient (Wildman–Crippen LogP) is 4.74. The van der Waals surface area contributed by atoms with Crippen molar-refractivity contribution in [3.8, 4) is 5.75 Å². The van der Waals surface area contributed by atoms with Crippen LogP contribution in [-0.4, -0.2) is 57.3 Å². The first-order valence-corrected chi connectivity index (χ1v) is 12.9. The summed E-state index contributed by atoms with van der Waals surface area (Å²) in [5.74, 6) is -1.13. The van der Waals surface area contributed by atoms with Gasteiger partial charge in [0.15, 0.2) is 0 Å². The number of anilines is 1. The Kier molecular flexibility index (Phi) is 9.53. The van der Waals surface area contributed by atoms with E-state index >= 15 is 0 Å². The molecule has 3 aromatic carbocycles. The second-order valence-electron chi connectivity index (χ2n) is 10.4. The zero-order chi connectivity index (χ0) is 28.7. The summed E-state index contributed by atoms with van der Waals surface area (Å²) in [5, 5.41) is 27.2. The number of nitrogens with one attached hydrogen (secondary N) is 2. The Morgan fingerprint density at radius 2 is 1.62 bits per heavy atom. The number of phenols is 1. The Balaban J connectivity index is 2.00. The van der Waals surface area contributed by atoms with E-state index in [2.05, 4.69) is 10.6 Å². The number of carbonyl (C=O) groups is 3. The zero-order valence-corrected chi connectivity index (χ0v) is 23.0. The van der Waals surface area contributed by atoms with Crippen LogP contribution in [0.5, 0.6) is 5.75 Å². The van der Waals surface area contributed by atoms with Gasteiger partial charge in [0.05, 0.1) is 6.61 Å². The quantitative estimate of drug-likeness (QED) is 0.313. The minimum Gasteiger partial charge on any atom is -0.508 e. The van der Waals surface area contributed by atoms with Gasteiger partial charge in [-0.25, -0.2) is 4.79 Å². The monoisotopic (exact) mass is 535 g/mol.